The van der Waals surface area contributed by atoms with Crippen molar-refractivity contribution in [3.8, 4) is 0 Å². The molecule has 1 aliphatic rings. The van der Waals surface area contributed by atoms with Crippen molar-refractivity contribution in [1.29, 1.82) is 0 Å². The zero-order valence-corrected chi connectivity index (χ0v) is 8.91. The number of rotatable bonds is 6. The molecule has 1 rings (SSSR count). The minimum Gasteiger partial charge on any atom is -0.497 e. The molecular formula is C11H21NO2. The van der Waals surface area contributed by atoms with Crippen molar-refractivity contribution in [3.05, 3.63) is 12.3 Å². The first-order valence-electron chi connectivity index (χ1n) is 5.51. The number of hydrogen-bond acceptors (Lipinski definition) is 3. The molecule has 0 amide bonds. The summed E-state index contributed by atoms with van der Waals surface area (Å²) in [6.45, 7) is 3.29. The highest BCUT2D eigenvalue weighted by molar-refractivity contribution is 4.83. The maximum atomic E-state index is 8.82. The lowest BCUT2D eigenvalue weighted by Gasteiger charge is -2.23. The predicted molar refractivity (Wildman–Crippen MR) is 57.0 cm³/mol. The van der Waals surface area contributed by atoms with Crippen molar-refractivity contribution in [1.82, 2.24) is 5.32 Å². The second-order valence-electron chi connectivity index (χ2n) is 3.73. The van der Waals surface area contributed by atoms with Crippen molar-refractivity contribution < 1.29 is 9.84 Å². The van der Waals surface area contributed by atoms with Crippen molar-refractivity contribution in [2.75, 3.05) is 13.2 Å². The summed E-state index contributed by atoms with van der Waals surface area (Å²) in [5.74, 6) is 0. The van der Waals surface area contributed by atoms with Gasteiger partial charge in [-0.25, -0.2) is 0 Å². The van der Waals surface area contributed by atoms with E-state index in [1.54, 1.807) is 6.26 Å². The fourth-order valence-electron chi connectivity index (χ4n) is 1.64. The van der Waals surface area contributed by atoms with Crippen molar-refractivity contribution in [2.24, 2.45) is 0 Å². The van der Waals surface area contributed by atoms with E-state index in [9.17, 15) is 0 Å². The summed E-state index contributed by atoms with van der Waals surface area (Å²) < 4.78 is 5.45. The van der Waals surface area contributed by atoms with E-state index in [-0.39, 0.29) is 6.61 Å². The molecule has 0 saturated heterocycles. The first kappa shape index (κ1) is 11.5. The topological polar surface area (TPSA) is 41.5 Å². The van der Waals surface area contributed by atoms with Crippen LogP contribution in [0.3, 0.4) is 0 Å². The Morgan fingerprint density at radius 1 is 1.64 bits per heavy atom. The van der Waals surface area contributed by atoms with Crippen LogP contribution in [-0.2, 0) is 4.74 Å². The van der Waals surface area contributed by atoms with Crippen LogP contribution in [0, 0.1) is 0 Å². The van der Waals surface area contributed by atoms with Crippen LogP contribution in [0.4, 0.5) is 0 Å². The van der Waals surface area contributed by atoms with E-state index in [0.29, 0.717) is 12.1 Å². The summed E-state index contributed by atoms with van der Waals surface area (Å²) in [7, 11) is 0. The molecule has 0 aromatic rings. The molecule has 0 fully saturated rings. The molecule has 1 aliphatic heterocycles. The Bertz CT molecular complexity index is 171. The van der Waals surface area contributed by atoms with Crippen LogP contribution in [-0.4, -0.2) is 30.4 Å². The summed E-state index contributed by atoms with van der Waals surface area (Å²) in [5.41, 5.74) is 0. The van der Waals surface area contributed by atoms with Crippen LogP contribution >= 0.6 is 0 Å². The Hall–Kier alpha value is -0.540. The number of ether oxygens (including phenoxy) is 1. The van der Waals surface area contributed by atoms with Gasteiger partial charge in [0.05, 0.1) is 6.26 Å². The van der Waals surface area contributed by atoms with E-state index in [2.05, 4.69) is 18.3 Å². The third kappa shape index (κ3) is 4.11. The molecule has 0 aliphatic carbocycles. The van der Waals surface area contributed by atoms with Gasteiger partial charge in [-0.1, -0.05) is 6.92 Å². The van der Waals surface area contributed by atoms with E-state index < -0.39 is 0 Å². The molecule has 14 heavy (non-hydrogen) atoms. The third-order valence-electron chi connectivity index (χ3n) is 2.63. The van der Waals surface area contributed by atoms with Gasteiger partial charge in [0.1, 0.15) is 6.10 Å². The summed E-state index contributed by atoms with van der Waals surface area (Å²) in [6, 6.07) is 0.425. The summed E-state index contributed by atoms with van der Waals surface area (Å²) in [4.78, 5) is 0. The smallest absolute Gasteiger partial charge is 0.110 e. The summed E-state index contributed by atoms with van der Waals surface area (Å²) in [6.07, 6.45) is 8.27. The molecule has 2 N–H and O–H groups in total. The zero-order chi connectivity index (χ0) is 10.2. The van der Waals surface area contributed by atoms with Crippen LogP contribution in [0.25, 0.3) is 0 Å². The van der Waals surface area contributed by atoms with Crippen LogP contribution in [0.5, 0.6) is 0 Å². The normalized spacial score (nSPS) is 23.1. The van der Waals surface area contributed by atoms with E-state index in [1.165, 1.54) is 0 Å². The van der Waals surface area contributed by atoms with Gasteiger partial charge in [-0.3, -0.25) is 0 Å². The molecule has 0 aromatic heterocycles. The number of aliphatic hydroxyl groups is 1. The second kappa shape index (κ2) is 6.85. The lowest BCUT2D eigenvalue weighted by atomic mass is 10.1. The SMILES string of the molecule is CCC(CCO)NCC1CCC=CO1. The van der Waals surface area contributed by atoms with Gasteiger partial charge in [-0.05, 0) is 31.8 Å². The van der Waals surface area contributed by atoms with Crippen LogP contribution < -0.4 is 5.32 Å². The third-order valence-corrected chi connectivity index (χ3v) is 2.63. The molecule has 0 radical (unpaired) electrons. The van der Waals surface area contributed by atoms with Gasteiger partial charge < -0.3 is 15.2 Å². The minimum absolute atomic E-state index is 0.261. The molecule has 82 valence electrons. The average Bonchev–Trinajstić information content (AvgIpc) is 2.25. The quantitative estimate of drug-likeness (QED) is 0.680. The average molecular weight is 199 g/mol. The molecule has 0 aromatic carbocycles. The van der Waals surface area contributed by atoms with E-state index in [1.807, 2.05) is 0 Å². The maximum absolute atomic E-state index is 8.82. The first-order chi connectivity index (χ1) is 6.86. The van der Waals surface area contributed by atoms with E-state index in [4.69, 9.17) is 9.84 Å². The number of aliphatic hydroxyl groups excluding tert-OH is 1. The minimum atomic E-state index is 0.261. The highest BCUT2D eigenvalue weighted by atomic mass is 16.5. The number of nitrogens with one attached hydrogen (secondary N) is 1. The molecule has 1 heterocycles. The molecule has 3 nitrogen and oxygen atoms in total. The highest BCUT2D eigenvalue weighted by Crippen LogP contribution is 2.09. The van der Waals surface area contributed by atoms with Gasteiger partial charge in [0.15, 0.2) is 0 Å². The fraction of sp³-hybridized carbons (Fsp3) is 0.818. The Labute approximate surface area is 86.2 Å². The number of allylic oxidation sites excluding steroid dienone is 1. The highest BCUT2D eigenvalue weighted by Gasteiger charge is 2.12. The Balaban J connectivity index is 2.14. The molecule has 0 saturated carbocycles. The van der Waals surface area contributed by atoms with Gasteiger partial charge in [0, 0.05) is 19.2 Å². The van der Waals surface area contributed by atoms with Crippen molar-refractivity contribution in [3.63, 3.8) is 0 Å². The Kier molecular flexibility index (Phi) is 5.64. The van der Waals surface area contributed by atoms with E-state index >= 15 is 0 Å². The lowest BCUT2D eigenvalue weighted by Crippen LogP contribution is -2.36. The van der Waals surface area contributed by atoms with Gasteiger partial charge in [0.2, 0.25) is 0 Å². The molecule has 0 spiro atoms. The summed E-state index contributed by atoms with van der Waals surface area (Å²) in [5, 5.41) is 12.2. The van der Waals surface area contributed by atoms with Crippen LogP contribution in [0.2, 0.25) is 0 Å². The molecular weight excluding hydrogens is 178 g/mol. The molecule has 0 bridgehead atoms. The Morgan fingerprint density at radius 2 is 2.50 bits per heavy atom. The summed E-state index contributed by atoms with van der Waals surface area (Å²) >= 11 is 0. The Morgan fingerprint density at radius 3 is 3.07 bits per heavy atom. The monoisotopic (exact) mass is 199 g/mol. The first-order valence-corrected chi connectivity index (χ1v) is 5.51. The van der Waals surface area contributed by atoms with Crippen molar-refractivity contribution in [2.45, 2.75) is 44.8 Å². The van der Waals surface area contributed by atoms with Gasteiger partial charge >= 0.3 is 0 Å². The second-order valence-corrected chi connectivity index (χ2v) is 3.73. The zero-order valence-electron chi connectivity index (χ0n) is 8.91. The molecule has 2 unspecified atom stereocenters. The fourth-order valence-corrected chi connectivity index (χ4v) is 1.64. The number of hydrogen-bond donors (Lipinski definition) is 2. The lowest BCUT2D eigenvalue weighted by molar-refractivity contribution is 0.117. The van der Waals surface area contributed by atoms with Gasteiger partial charge in [-0.15, -0.1) is 0 Å². The predicted octanol–water partition coefficient (Wildman–Crippen LogP) is 1.43. The largest absolute Gasteiger partial charge is 0.497 e. The molecule has 2 atom stereocenters. The van der Waals surface area contributed by atoms with Gasteiger partial charge in [-0.2, -0.15) is 0 Å². The van der Waals surface area contributed by atoms with Crippen LogP contribution in [0.1, 0.15) is 32.6 Å². The molecule has 3 heteroatoms. The standard InChI is InChI=1S/C11H21NO2/c1-2-10(6-7-13)12-9-11-5-3-4-8-14-11/h4,8,10-13H,2-3,5-7,9H2,1H3. The van der Waals surface area contributed by atoms with Crippen molar-refractivity contribution >= 4 is 0 Å². The maximum Gasteiger partial charge on any atom is 0.110 e. The van der Waals surface area contributed by atoms with Crippen LogP contribution in [0.15, 0.2) is 12.3 Å². The van der Waals surface area contributed by atoms with Gasteiger partial charge in [0.25, 0.3) is 0 Å². The van der Waals surface area contributed by atoms with E-state index in [0.717, 1.165) is 32.2 Å².